The molecule has 2 atom stereocenters. The van der Waals surface area contributed by atoms with Crippen LogP contribution in [0.4, 0.5) is 4.79 Å². The van der Waals surface area contributed by atoms with Crippen LogP contribution >= 0.6 is 11.8 Å². The molecule has 2 rings (SSSR count). The van der Waals surface area contributed by atoms with Gasteiger partial charge in [-0.05, 0) is 34.6 Å². The van der Waals surface area contributed by atoms with Crippen LogP contribution in [0.15, 0.2) is 0 Å². The Morgan fingerprint density at radius 3 is 2.43 bits per heavy atom. The Balaban J connectivity index is 2.34. The average molecular weight is 316 g/mol. The quantitative estimate of drug-likeness (QED) is 0.747. The van der Waals surface area contributed by atoms with E-state index in [1.807, 2.05) is 0 Å². The van der Waals surface area contributed by atoms with Gasteiger partial charge in [0.15, 0.2) is 0 Å². The largest absolute Gasteiger partial charge is 0.478 e. The van der Waals surface area contributed by atoms with Crippen LogP contribution in [0.5, 0.6) is 0 Å². The molecule has 21 heavy (non-hydrogen) atoms. The maximum Gasteiger partial charge on any atom is 0.410 e. The Morgan fingerprint density at radius 1 is 1.43 bits per heavy atom. The number of carbonyl (C=O) groups is 3. The predicted octanol–water partition coefficient (Wildman–Crippen LogP) is 1.38. The summed E-state index contributed by atoms with van der Waals surface area (Å²) < 4.78 is 4.28. The second kappa shape index (κ2) is 4.53. The van der Waals surface area contributed by atoms with Crippen molar-refractivity contribution in [3.63, 3.8) is 0 Å². The van der Waals surface area contributed by atoms with Crippen molar-refractivity contribution in [1.29, 1.82) is 0 Å². The Morgan fingerprint density at radius 2 is 2.00 bits per heavy atom. The molecule has 2 fully saturated rings. The number of rotatable bonds is 2. The van der Waals surface area contributed by atoms with Crippen molar-refractivity contribution in [3.05, 3.63) is 0 Å². The first kappa shape index (κ1) is 15.9. The number of amides is 2. The molecule has 8 heteroatoms. The van der Waals surface area contributed by atoms with Crippen molar-refractivity contribution in [1.82, 2.24) is 10.2 Å². The van der Waals surface area contributed by atoms with Crippen LogP contribution in [-0.4, -0.2) is 49.4 Å². The summed E-state index contributed by atoms with van der Waals surface area (Å²) in [5.41, 5.74) is -2.54. The molecule has 7 nitrogen and oxygen atoms in total. The summed E-state index contributed by atoms with van der Waals surface area (Å²) >= 11 is 1.37. The molecule has 0 bridgehead atoms. The van der Waals surface area contributed by atoms with Crippen molar-refractivity contribution in [2.45, 2.75) is 62.4 Å². The number of aliphatic carboxylic acids is 1. The van der Waals surface area contributed by atoms with Crippen LogP contribution in [0.2, 0.25) is 0 Å². The van der Waals surface area contributed by atoms with Crippen molar-refractivity contribution in [2.24, 2.45) is 0 Å². The molecule has 0 aromatic rings. The highest BCUT2D eigenvalue weighted by atomic mass is 32.2. The molecule has 0 spiro atoms. The number of hydrogen-bond acceptors (Lipinski definition) is 5. The minimum atomic E-state index is -1.79. The van der Waals surface area contributed by atoms with Crippen LogP contribution < -0.4 is 5.32 Å². The topological polar surface area (TPSA) is 95.9 Å². The van der Waals surface area contributed by atoms with E-state index in [1.54, 1.807) is 34.6 Å². The molecule has 2 saturated heterocycles. The summed E-state index contributed by atoms with van der Waals surface area (Å²) in [6, 6.07) is 0. The third kappa shape index (κ3) is 2.35. The first-order chi connectivity index (χ1) is 9.41. The van der Waals surface area contributed by atoms with Crippen LogP contribution in [0, 0.1) is 0 Å². The lowest BCUT2D eigenvalue weighted by molar-refractivity contribution is -0.171. The van der Waals surface area contributed by atoms with E-state index in [0.29, 0.717) is 6.42 Å². The van der Waals surface area contributed by atoms with E-state index in [0.717, 1.165) is 0 Å². The number of thioether (sulfide) groups is 1. The maximum atomic E-state index is 12.1. The fourth-order valence-electron chi connectivity index (χ4n) is 2.68. The number of ether oxygens (including phenoxy) is 1. The van der Waals surface area contributed by atoms with Gasteiger partial charge in [0, 0.05) is 0 Å². The third-order valence-corrected chi connectivity index (χ3v) is 5.09. The van der Waals surface area contributed by atoms with Crippen molar-refractivity contribution in [2.75, 3.05) is 0 Å². The lowest BCUT2D eigenvalue weighted by atomic mass is 9.90. The number of nitrogens with one attached hydrogen (secondary N) is 1. The van der Waals surface area contributed by atoms with E-state index >= 15 is 0 Å². The van der Waals surface area contributed by atoms with Gasteiger partial charge in [-0.2, -0.15) is 0 Å². The van der Waals surface area contributed by atoms with Gasteiger partial charge in [0.1, 0.15) is 5.60 Å². The number of β-lactam (4-membered cyclic amide) rings is 1. The molecule has 2 aliphatic rings. The maximum absolute atomic E-state index is 12.1. The smallest absolute Gasteiger partial charge is 0.410 e. The van der Waals surface area contributed by atoms with E-state index in [-0.39, 0.29) is 11.3 Å². The van der Waals surface area contributed by atoms with E-state index in [2.05, 4.69) is 5.32 Å². The van der Waals surface area contributed by atoms with Gasteiger partial charge >= 0.3 is 12.1 Å². The van der Waals surface area contributed by atoms with Gasteiger partial charge in [0.25, 0.3) is 0 Å². The molecular weight excluding hydrogens is 296 g/mol. The standard InChI is InChI=1S/C13H20N2O5S/c1-11(2,3)20-10(19)14-13(9(17)18)12(4,5)21-8-6-7(16)15(8)13/h8H,6H2,1-5H3,(H,14,19)(H,17,18)/t8-,13+/m1/s1. The van der Waals surface area contributed by atoms with E-state index < -0.39 is 28.1 Å². The summed E-state index contributed by atoms with van der Waals surface area (Å²) in [5.74, 6) is -1.54. The molecule has 2 aliphatic heterocycles. The average Bonchev–Trinajstić information content (AvgIpc) is 2.40. The van der Waals surface area contributed by atoms with Gasteiger partial charge in [-0.15, -0.1) is 11.8 Å². The fraction of sp³-hybridized carbons (Fsp3) is 0.769. The van der Waals surface area contributed by atoms with Gasteiger partial charge in [-0.1, -0.05) is 0 Å². The molecule has 2 N–H and O–H groups in total. The zero-order valence-corrected chi connectivity index (χ0v) is 13.5. The van der Waals surface area contributed by atoms with Gasteiger partial charge in [-0.3, -0.25) is 15.0 Å². The Kier molecular flexibility index (Phi) is 3.44. The van der Waals surface area contributed by atoms with Crippen molar-refractivity contribution < 1.29 is 24.2 Å². The number of carboxylic acids is 1. The Hall–Kier alpha value is -1.44. The summed E-state index contributed by atoms with van der Waals surface area (Å²) in [7, 11) is 0. The van der Waals surface area contributed by atoms with E-state index in [4.69, 9.17) is 4.74 Å². The molecular formula is C13H20N2O5S. The van der Waals surface area contributed by atoms with Crippen LogP contribution in [-0.2, 0) is 14.3 Å². The molecule has 118 valence electrons. The lowest BCUT2D eigenvalue weighted by Crippen LogP contribution is -2.75. The predicted molar refractivity (Wildman–Crippen MR) is 76.7 cm³/mol. The van der Waals surface area contributed by atoms with Gasteiger partial charge in [0.2, 0.25) is 11.6 Å². The molecule has 0 saturated carbocycles. The first-order valence-corrected chi connectivity index (χ1v) is 7.53. The molecule has 0 aromatic heterocycles. The molecule has 0 aromatic carbocycles. The fourth-order valence-corrected chi connectivity index (χ4v) is 4.37. The summed E-state index contributed by atoms with van der Waals surface area (Å²) in [6.07, 6.45) is -0.557. The number of carbonyl (C=O) groups excluding carboxylic acids is 2. The van der Waals surface area contributed by atoms with Gasteiger partial charge in [-0.25, -0.2) is 9.59 Å². The first-order valence-electron chi connectivity index (χ1n) is 6.65. The summed E-state index contributed by atoms with van der Waals surface area (Å²) in [5, 5.41) is 11.9. The SMILES string of the molecule is CC(C)(C)OC(=O)N[C@@]1(C(=O)O)N2C(=O)C[C@H]2SC1(C)C. The third-order valence-electron chi connectivity index (χ3n) is 3.56. The molecule has 2 heterocycles. The monoisotopic (exact) mass is 316 g/mol. The highest BCUT2D eigenvalue weighted by Crippen LogP contribution is 2.55. The molecule has 0 aliphatic carbocycles. The highest BCUT2D eigenvalue weighted by Gasteiger charge is 2.70. The second-order valence-electron chi connectivity index (χ2n) is 6.69. The van der Waals surface area contributed by atoms with E-state index in [1.165, 1.54) is 16.7 Å². The molecule has 2 amide bonds. The van der Waals surface area contributed by atoms with Crippen molar-refractivity contribution >= 4 is 29.7 Å². The van der Waals surface area contributed by atoms with Crippen LogP contribution in [0.1, 0.15) is 41.0 Å². The zero-order valence-electron chi connectivity index (χ0n) is 12.7. The number of fused-ring (bicyclic) bond motifs is 1. The van der Waals surface area contributed by atoms with E-state index in [9.17, 15) is 19.5 Å². The van der Waals surface area contributed by atoms with Crippen LogP contribution in [0.25, 0.3) is 0 Å². The normalized spacial score (nSPS) is 30.4. The summed E-state index contributed by atoms with van der Waals surface area (Å²) in [6.45, 7) is 8.47. The second-order valence-corrected chi connectivity index (χ2v) is 8.49. The van der Waals surface area contributed by atoms with Gasteiger partial charge in [0.05, 0.1) is 16.5 Å². The van der Waals surface area contributed by atoms with Crippen LogP contribution in [0.3, 0.4) is 0 Å². The number of hydrogen-bond donors (Lipinski definition) is 2. The zero-order chi connectivity index (χ0) is 16.2. The Bertz CT molecular complexity index is 513. The highest BCUT2D eigenvalue weighted by molar-refractivity contribution is 8.01. The number of nitrogens with zero attached hydrogens (tertiary/aromatic N) is 1. The van der Waals surface area contributed by atoms with Gasteiger partial charge < -0.3 is 9.84 Å². The number of alkyl carbamates (subject to hydrolysis) is 1. The lowest BCUT2D eigenvalue weighted by Gasteiger charge is -2.46. The summed E-state index contributed by atoms with van der Waals surface area (Å²) in [4.78, 5) is 37.0. The molecule has 0 unspecified atom stereocenters. The number of carboxylic acid groups (broad SMARTS) is 1. The molecule has 0 radical (unpaired) electrons. The van der Waals surface area contributed by atoms with Crippen molar-refractivity contribution in [3.8, 4) is 0 Å². The minimum absolute atomic E-state index is 0.224. The minimum Gasteiger partial charge on any atom is -0.478 e. The Labute approximate surface area is 127 Å².